The van der Waals surface area contributed by atoms with Crippen LogP contribution in [0, 0.1) is 5.82 Å². The Bertz CT molecular complexity index is 340. The average molecular weight is 237 g/mol. The van der Waals surface area contributed by atoms with E-state index in [4.69, 9.17) is 5.11 Å². The Kier molecular flexibility index (Phi) is 4.26. The molecule has 2 nitrogen and oxygen atoms in total. The molecule has 1 aromatic rings. The summed E-state index contributed by atoms with van der Waals surface area (Å²) in [5.41, 5.74) is 0.0225. The number of benzene rings is 1. The molecule has 2 N–H and O–H groups in total. The maximum absolute atomic E-state index is 13.2. The zero-order chi connectivity index (χ0) is 12.2. The van der Waals surface area contributed by atoms with Gasteiger partial charge in [0.1, 0.15) is 5.82 Å². The van der Waals surface area contributed by atoms with E-state index in [9.17, 15) is 17.6 Å². The minimum atomic E-state index is -4.39. The van der Waals surface area contributed by atoms with Crippen LogP contribution in [0.1, 0.15) is 11.6 Å². The first-order valence-corrected chi connectivity index (χ1v) is 4.59. The van der Waals surface area contributed by atoms with E-state index in [0.717, 1.165) is 6.07 Å². The van der Waals surface area contributed by atoms with Crippen LogP contribution in [0.3, 0.4) is 0 Å². The summed E-state index contributed by atoms with van der Waals surface area (Å²) in [6.45, 7) is -1.87. The van der Waals surface area contributed by atoms with Gasteiger partial charge in [-0.1, -0.05) is 18.2 Å². The summed E-state index contributed by atoms with van der Waals surface area (Å²) in [7, 11) is 0. The highest BCUT2D eigenvalue weighted by Gasteiger charge is 2.28. The standard InChI is InChI=1S/C10H11F4NO/c11-8-4-2-1-3-7(8)9(5-16)15-6-10(12,13)14/h1-4,9,15-16H,5-6H2. The molecule has 90 valence electrons. The van der Waals surface area contributed by atoms with E-state index in [1.807, 2.05) is 0 Å². The Morgan fingerprint density at radius 2 is 1.88 bits per heavy atom. The van der Waals surface area contributed by atoms with Gasteiger partial charge in [0.25, 0.3) is 0 Å². The third-order valence-corrected chi connectivity index (χ3v) is 2.01. The molecule has 1 unspecified atom stereocenters. The molecule has 0 spiro atoms. The number of halogens is 4. The highest BCUT2D eigenvalue weighted by Crippen LogP contribution is 2.19. The quantitative estimate of drug-likeness (QED) is 0.785. The van der Waals surface area contributed by atoms with Crippen LogP contribution in [-0.2, 0) is 0 Å². The third kappa shape index (κ3) is 3.79. The van der Waals surface area contributed by atoms with Crippen molar-refractivity contribution in [3.63, 3.8) is 0 Å². The first-order chi connectivity index (χ1) is 7.44. The van der Waals surface area contributed by atoms with Crippen LogP contribution in [0.2, 0.25) is 0 Å². The molecular formula is C10H11F4NO. The molecule has 0 amide bonds. The summed E-state index contributed by atoms with van der Waals surface area (Å²) in [6.07, 6.45) is -4.39. The summed E-state index contributed by atoms with van der Waals surface area (Å²) in [6, 6.07) is 4.34. The molecule has 0 aromatic heterocycles. The zero-order valence-electron chi connectivity index (χ0n) is 8.26. The van der Waals surface area contributed by atoms with Crippen LogP contribution >= 0.6 is 0 Å². The lowest BCUT2D eigenvalue weighted by Crippen LogP contribution is -2.34. The lowest BCUT2D eigenvalue weighted by Gasteiger charge is -2.18. The highest BCUT2D eigenvalue weighted by atomic mass is 19.4. The molecule has 1 atom stereocenters. The molecule has 0 aliphatic rings. The fraction of sp³-hybridized carbons (Fsp3) is 0.400. The average Bonchev–Trinajstić information content (AvgIpc) is 2.20. The molecule has 0 saturated carbocycles. The molecule has 6 heteroatoms. The topological polar surface area (TPSA) is 32.3 Å². The van der Waals surface area contributed by atoms with Crippen LogP contribution in [-0.4, -0.2) is 24.4 Å². The minimum absolute atomic E-state index is 0.0225. The lowest BCUT2D eigenvalue weighted by atomic mass is 10.1. The first-order valence-electron chi connectivity index (χ1n) is 4.59. The Balaban J connectivity index is 2.72. The maximum atomic E-state index is 13.2. The fourth-order valence-corrected chi connectivity index (χ4v) is 1.27. The highest BCUT2D eigenvalue weighted by molar-refractivity contribution is 5.21. The van der Waals surface area contributed by atoms with E-state index in [-0.39, 0.29) is 5.56 Å². The Hall–Kier alpha value is -1.14. The molecule has 0 heterocycles. The fourth-order valence-electron chi connectivity index (χ4n) is 1.27. The minimum Gasteiger partial charge on any atom is -0.394 e. The van der Waals surface area contributed by atoms with Crippen molar-refractivity contribution in [2.24, 2.45) is 0 Å². The summed E-state index contributed by atoms with van der Waals surface area (Å²) >= 11 is 0. The largest absolute Gasteiger partial charge is 0.401 e. The van der Waals surface area contributed by atoms with Gasteiger partial charge in [-0.05, 0) is 6.07 Å². The van der Waals surface area contributed by atoms with Crippen molar-refractivity contribution in [3.05, 3.63) is 35.6 Å². The van der Waals surface area contributed by atoms with Gasteiger partial charge < -0.3 is 5.11 Å². The molecule has 0 aliphatic heterocycles. The molecule has 0 saturated heterocycles. The molecule has 1 aromatic carbocycles. The smallest absolute Gasteiger partial charge is 0.394 e. The Morgan fingerprint density at radius 3 is 2.38 bits per heavy atom. The lowest BCUT2D eigenvalue weighted by molar-refractivity contribution is -0.126. The van der Waals surface area contributed by atoms with Gasteiger partial charge in [-0.3, -0.25) is 5.32 Å². The Labute approximate surface area is 89.9 Å². The second kappa shape index (κ2) is 5.27. The zero-order valence-corrected chi connectivity index (χ0v) is 8.26. The SMILES string of the molecule is OCC(NCC(F)(F)F)c1ccccc1F. The van der Waals surface area contributed by atoms with Crippen molar-refractivity contribution in [1.29, 1.82) is 0 Å². The van der Waals surface area contributed by atoms with Gasteiger partial charge in [0.2, 0.25) is 0 Å². The summed E-state index contributed by atoms with van der Waals surface area (Å²) in [5, 5.41) is 11.0. The number of hydrogen-bond acceptors (Lipinski definition) is 2. The number of aliphatic hydroxyl groups is 1. The van der Waals surface area contributed by atoms with E-state index in [2.05, 4.69) is 5.32 Å². The molecular weight excluding hydrogens is 226 g/mol. The van der Waals surface area contributed by atoms with Gasteiger partial charge >= 0.3 is 6.18 Å². The number of aliphatic hydroxyl groups excluding tert-OH is 1. The molecule has 0 bridgehead atoms. The Morgan fingerprint density at radius 1 is 1.25 bits per heavy atom. The van der Waals surface area contributed by atoms with E-state index < -0.39 is 31.2 Å². The molecule has 0 aliphatic carbocycles. The molecule has 0 fully saturated rings. The van der Waals surface area contributed by atoms with E-state index in [1.165, 1.54) is 18.2 Å². The summed E-state index contributed by atoms with van der Waals surface area (Å²) < 4.78 is 49.0. The van der Waals surface area contributed by atoms with Crippen molar-refractivity contribution in [2.45, 2.75) is 12.2 Å². The summed E-state index contributed by atoms with van der Waals surface area (Å²) in [4.78, 5) is 0. The summed E-state index contributed by atoms with van der Waals surface area (Å²) in [5.74, 6) is -0.642. The van der Waals surface area contributed by atoms with Gasteiger partial charge in [0.05, 0.1) is 19.2 Å². The van der Waals surface area contributed by atoms with E-state index >= 15 is 0 Å². The van der Waals surface area contributed by atoms with Crippen molar-refractivity contribution in [1.82, 2.24) is 5.32 Å². The van der Waals surface area contributed by atoms with Gasteiger partial charge in [-0.15, -0.1) is 0 Å². The van der Waals surface area contributed by atoms with Crippen LogP contribution in [0.25, 0.3) is 0 Å². The number of rotatable bonds is 4. The van der Waals surface area contributed by atoms with Crippen molar-refractivity contribution < 1.29 is 22.7 Å². The van der Waals surface area contributed by atoms with Gasteiger partial charge in [0.15, 0.2) is 0 Å². The predicted molar refractivity (Wildman–Crippen MR) is 50.3 cm³/mol. The van der Waals surface area contributed by atoms with Gasteiger partial charge in [0, 0.05) is 5.56 Å². The van der Waals surface area contributed by atoms with Crippen molar-refractivity contribution in [2.75, 3.05) is 13.2 Å². The van der Waals surface area contributed by atoms with E-state index in [1.54, 1.807) is 0 Å². The number of nitrogens with one attached hydrogen (secondary N) is 1. The normalized spacial score (nSPS) is 13.8. The van der Waals surface area contributed by atoms with Gasteiger partial charge in [-0.25, -0.2) is 4.39 Å². The maximum Gasteiger partial charge on any atom is 0.401 e. The van der Waals surface area contributed by atoms with Crippen LogP contribution < -0.4 is 5.32 Å². The number of hydrogen-bond donors (Lipinski definition) is 2. The monoisotopic (exact) mass is 237 g/mol. The second-order valence-electron chi connectivity index (χ2n) is 3.25. The third-order valence-electron chi connectivity index (χ3n) is 2.01. The predicted octanol–water partition coefficient (Wildman–Crippen LogP) is 2.01. The van der Waals surface area contributed by atoms with Crippen molar-refractivity contribution >= 4 is 0 Å². The second-order valence-corrected chi connectivity index (χ2v) is 3.25. The van der Waals surface area contributed by atoms with Gasteiger partial charge in [-0.2, -0.15) is 13.2 Å². The molecule has 1 rings (SSSR count). The van der Waals surface area contributed by atoms with Crippen LogP contribution in [0.4, 0.5) is 17.6 Å². The molecule has 16 heavy (non-hydrogen) atoms. The van der Waals surface area contributed by atoms with Crippen LogP contribution in [0.5, 0.6) is 0 Å². The number of alkyl halides is 3. The van der Waals surface area contributed by atoms with Crippen LogP contribution in [0.15, 0.2) is 24.3 Å². The van der Waals surface area contributed by atoms with Crippen molar-refractivity contribution in [3.8, 4) is 0 Å². The first kappa shape index (κ1) is 12.9. The van der Waals surface area contributed by atoms with E-state index in [0.29, 0.717) is 0 Å². The molecule has 0 radical (unpaired) electrons.